The Morgan fingerprint density at radius 3 is 2.83 bits per heavy atom. The number of carbonyl (C=O) groups is 1. The zero-order chi connectivity index (χ0) is 20.2. The van der Waals surface area contributed by atoms with Gasteiger partial charge >= 0.3 is 0 Å². The number of fused-ring (bicyclic) bond motifs is 1. The second kappa shape index (κ2) is 10.3. The third-order valence-electron chi connectivity index (χ3n) is 5.03. The molecule has 162 valence electrons. The molecular weight excluding hydrogens is 429 g/mol. The highest BCUT2D eigenvalue weighted by molar-refractivity contribution is 7.22. The minimum atomic E-state index is -0.371. The lowest BCUT2D eigenvalue weighted by molar-refractivity contribution is 0.0376. The molecule has 3 heterocycles. The van der Waals surface area contributed by atoms with Crippen molar-refractivity contribution in [1.82, 2.24) is 19.7 Å². The van der Waals surface area contributed by atoms with Gasteiger partial charge in [0.1, 0.15) is 17.0 Å². The molecule has 0 spiro atoms. The predicted molar refractivity (Wildman–Crippen MR) is 118 cm³/mol. The standard InChI is InChI=1S/C20H24FN5O2S.ClH/c1-2-26-16(7-8-22-26)19(27)25(10-4-9-24-11-13-28-14-12-24)20-23-18-15(21)5-3-6-17(18)29-20;/h3,5-8H,2,4,9-14H2,1H3;1H. The number of nitrogens with zero attached hydrogens (tertiary/aromatic N) is 5. The van der Waals surface area contributed by atoms with E-state index in [0.29, 0.717) is 29.4 Å². The molecule has 3 aromatic rings. The van der Waals surface area contributed by atoms with Gasteiger partial charge in [0, 0.05) is 38.9 Å². The number of halogens is 2. The molecule has 1 saturated heterocycles. The van der Waals surface area contributed by atoms with E-state index in [4.69, 9.17) is 4.74 Å². The first kappa shape index (κ1) is 22.6. The van der Waals surface area contributed by atoms with Crippen molar-refractivity contribution in [3.63, 3.8) is 0 Å². The average Bonchev–Trinajstić information content (AvgIpc) is 3.39. The van der Waals surface area contributed by atoms with Crippen molar-refractivity contribution >= 4 is 45.0 Å². The molecule has 1 fully saturated rings. The van der Waals surface area contributed by atoms with Gasteiger partial charge in [-0.3, -0.25) is 19.3 Å². The number of hydrogen-bond acceptors (Lipinski definition) is 6. The van der Waals surface area contributed by atoms with Gasteiger partial charge in [0.15, 0.2) is 5.13 Å². The predicted octanol–water partition coefficient (Wildman–Crippen LogP) is 3.44. The average molecular weight is 454 g/mol. The molecule has 1 aromatic carbocycles. The molecule has 4 rings (SSSR count). The van der Waals surface area contributed by atoms with Crippen LogP contribution in [-0.4, -0.2) is 65.0 Å². The Morgan fingerprint density at radius 2 is 2.10 bits per heavy atom. The largest absolute Gasteiger partial charge is 0.379 e. The van der Waals surface area contributed by atoms with Crippen LogP contribution < -0.4 is 4.90 Å². The van der Waals surface area contributed by atoms with E-state index in [1.54, 1.807) is 27.9 Å². The van der Waals surface area contributed by atoms with Crippen molar-refractivity contribution in [2.75, 3.05) is 44.3 Å². The molecule has 0 unspecified atom stereocenters. The summed E-state index contributed by atoms with van der Waals surface area (Å²) in [6, 6.07) is 6.60. The fraction of sp³-hybridized carbons (Fsp3) is 0.450. The Labute approximate surface area is 184 Å². The number of morpholine rings is 1. The van der Waals surface area contributed by atoms with Crippen LogP contribution in [0.1, 0.15) is 23.8 Å². The number of hydrogen-bond donors (Lipinski definition) is 0. The Bertz CT molecular complexity index is 989. The molecule has 30 heavy (non-hydrogen) atoms. The van der Waals surface area contributed by atoms with E-state index in [1.807, 2.05) is 13.0 Å². The van der Waals surface area contributed by atoms with Crippen LogP contribution in [-0.2, 0) is 11.3 Å². The van der Waals surface area contributed by atoms with Crippen LogP contribution in [0, 0.1) is 5.82 Å². The molecule has 0 saturated carbocycles. The molecule has 1 aliphatic rings. The van der Waals surface area contributed by atoms with Crippen LogP contribution in [0.4, 0.5) is 9.52 Å². The number of amides is 1. The van der Waals surface area contributed by atoms with Crippen LogP contribution in [0.3, 0.4) is 0 Å². The number of anilines is 1. The number of carbonyl (C=O) groups excluding carboxylic acids is 1. The first-order valence-electron chi connectivity index (χ1n) is 9.86. The molecule has 1 aliphatic heterocycles. The van der Waals surface area contributed by atoms with Gasteiger partial charge in [0.05, 0.1) is 17.9 Å². The molecule has 7 nitrogen and oxygen atoms in total. The topological polar surface area (TPSA) is 63.5 Å². The number of thiazole rings is 1. The maximum atomic E-state index is 14.2. The Hall–Kier alpha value is -2.07. The normalized spacial score (nSPS) is 14.6. The number of aryl methyl sites for hydroxylation is 1. The summed E-state index contributed by atoms with van der Waals surface area (Å²) in [5.74, 6) is -0.532. The second-order valence-corrected chi connectivity index (χ2v) is 7.89. The summed E-state index contributed by atoms with van der Waals surface area (Å²) in [5.41, 5.74) is 0.820. The van der Waals surface area contributed by atoms with E-state index in [-0.39, 0.29) is 24.1 Å². The highest BCUT2D eigenvalue weighted by Gasteiger charge is 2.24. The Balaban J connectivity index is 0.00000256. The maximum Gasteiger partial charge on any atom is 0.278 e. The number of rotatable bonds is 7. The van der Waals surface area contributed by atoms with Gasteiger partial charge in [-0.25, -0.2) is 9.37 Å². The third-order valence-corrected chi connectivity index (χ3v) is 6.07. The van der Waals surface area contributed by atoms with Crippen molar-refractivity contribution in [3.8, 4) is 0 Å². The molecule has 10 heteroatoms. The molecule has 0 radical (unpaired) electrons. The molecule has 1 amide bonds. The van der Waals surface area contributed by atoms with Gasteiger partial charge in [-0.05, 0) is 31.5 Å². The lowest BCUT2D eigenvalue weighted by Gasteiger charge is -2.27. The minimum absolute atomic E-state index is 0. The van der Waals surface area contributed by atoms with Crippen molar-refractivity contribution in [3.05, 3.63) is 42.0 Å². The number of para-hydroxylation sites is 1. The number of ether oxygens (including phenoxy) is 1. The van der Waals surface area contributed by atoms with Crippen LogP contribution in [0.2, 0.25) is 0 Å². The molecular formula is C20H25ClFN5O2S. The summed E-state index contributed by atoms with van der Waals surface area (Å²) in [6.45, 7) is 7.23. The summed E-state index contributed by atoms with van der Waals surface area (Å²) in [4.78, 5) is 21.8. The van der Waals surface area contributed by atoms with Crippen LogP contribution in [0.25, 0.3) is 10.2 Å². The van der Waals surface area contributed by atoms with E-state index >= 15 is 0 Å². The number of benzene rings is 1. The zero-order valence-electron chi connectivity index (χ0n) is 16.8. The van der Waals surface area contributed by atoms with E-state index in [9.17, 15) is 9.18 Å². The van der Waals surface area contributed by atoms with Gasteiger partial charge < -0.3 is 4.74 Å². The van der Waals surface area contributed by atoms with E-state index < -0.39 is 0 Å². The second-order valence-electron chi connectivity index (χ2n) is 6.88. The highest BCUT2D eigenvalue weighted by atomic mass is 35.5. The smallest absolute Gasteiger partial charge is 0.278 e. The first-order valence-corrected chi connectivity index (χ1v) is 10.7. The van der Waals surface area contributed by atoms with Crippen LogP contribution in [0.15, 0.2) is 30.5 Å². The van der Waals surface area contributed by atoms with E-state index in [0.717, 1.165) is 44.0 Å². The molecule has 0 atom stereocenters. The molecule has 0 aliphatic carbocycles. The van der Waals surface area contributed by atoms with Gasteiger partial charge in [-0.15, -0.1) is 12.4 Å². The van der Waals surface area contributed by atoms with Crippen LogP contribution >= 0.6 is 23.7 Å². The first-order chi connectivity index (χ1) is 14.2. The van der Waals surface area contributed by atoms with Crippen LogP contribution in [0.5, 0.6) is 0 Å². The summed E-state index contributed by atoms with van der Waals surface area (Å²) in [6.07, 6.45) is 2.42. The molecule has 0 bridgehead atoms. The van der Waals surface area contributed by atoms with E-state index in [2.05, 4.69) is 15.0 Å². The Morgan fingerprint density at radius 1 is 1.30 bits per heavy atom. The zero-order valence-corrected chi connectivity index (χ0v) is 18.4. The van der Waals surface area contributed by atoms with Gasteiger partial charge in [-0.1, -0.05) is 17.4 Å². The summed E-state index contributed by atoms with van der Waals surface area (Å²) < 4.78 is 22.0. The monoisotopic (exact) mass is 453 g/mol. The van der Waals surface area contributed by atoms with E-state index in [1.165, 1.54) is 17.4 Å². The summed E-state index contributed by atoms with van der Waals surface area (Å²) in [5, 5.41) is 4.73. The molecule has 2 aromatic heterocycles. The number of aromatic nitrogens is 3. The molecule has 0 N–H and O–H groups in total. The van der Waals surface area contributed by atoms with Crippen molar-refractivity contribution in [1.29, 1.82) is 0 Å². The highest BCUT2D eigenvalue weighted by Crippen LogP contribution is 2.31. The van der Waals surface area contributed by atoms with Gasteiger partial charge in [0.2, 0.25) is 0 Å². The van der Waals surface area contributed by atoms with Crippen molar-refractivity contribution < 1.29 is 13.9 Å². The van der Waals surface area contributed by atoms with Crippen molar-refractivity contribution in [2.45, 2.75) is 19.9 Å². The maximum absolute atomic E-state index is 14.2. The minimum Gasteiger partial charge on any atom is -0.379 e. The lowest BCUT2D eigenvalue weighted by Crippen LogP contribution is -2.39. The van der Waals surface area contributed by atoms with Gasteiger partial charge in [-0.2, -0.15) is 5.10 Å². The fourth-order valence-corrected chi connectivity index (χ4v) is 4.49. The Kier molecular flexibility index (Phi) is 7.76. The quantitative estimate of drug-likeness (QED) is 0.548. The SMILES string of the molecule is CCn1nccc1C(=O)N(CCCN1CCOCC1)c1nc2c(F)cccc2s1.Cl. The third kappa shape index (κ3) is 4.80. The van der Waals surface area contributed by atoms with Crippen molar-refractivity contribution in [2.24, 2.45) is 0 Å². The summed E-state index contributed by atoms with van der Waals surface area (Å²) in [7, 11) is 0. The van der Waals surface area contributed by atoms with Gasteiger partial charge in [0.25, 0.3) is 5.91 Å². The summed E-state index contributed by atoms with van der Waals surface area (Å²) >= 11 is 1.34. The lowest BCUT2D eigenvalue weighted by atomic mass is 10.3. The fourth-order valence-electron chi connectivity index (χ4n) is 3.48.